The second-order valence-corrected chi connectivity index (χ2v) is 4.99. The number of ketones is 1. The molecule has 0 bridgehead atoms. The Morgan fingerprint density at radius 2 is 1.96 bits per heavy atom. The van der Waals surface area contributed by atoms with Crippen molar-refractivity contribution in [2.45, 2.75) is 6.18 Å². The summed E-state index contributed by atoms with van der Waals surface area (Å²) in [6.07, 6.45) is -3.75. The van der Waals surface area contributed by atoms with Gasteiger partial charge in [0, 0.05) is 23.0 Å². The highest BCUT2D eigenvalue weighted by Gasteiger charge is 2.38. The van der Waals surface area contributed by atoms with E-state index in [1.807, 2.05) is 0 Å². The van der Waals surface area contributed by atoms with Crippen LogP contribution < -0.4 is 5.32 Å². The van der Waals surface area contributed by atoms with E-state index in [0.717, 1.165) is 6.20 Å². The maximum Gasteiger partial charge on any atom is 0.451 e. The third kappa shape index (κ3) is 2.65. The number of carbonyl (C=O) groups excluding carboxylic acids is 2. The fourth-order valence-corrected chi connectivity index (χ4v) is 2.32. The summed E-state index contributed by atoms with van der Waals surface area (Å²) in [4.78, 5) is 30.1. The van der Waals surface area contributed by atoms with E-state index in [9.17, 15) is 22.8 Å². The van der Waals surface area contributed by atoms with Crippen LogP contribution in [0.3, 0.4) is 0 Å². The number of fused-ring (bicyclic) bond motifs is 3. The summed E-state index contributed by atoms with van der Waals surface area (Å²) in [5.41, 5.74) is 0.819. The number of halogens is 4. The molecule has 0 radical (unpaired) electrons. The smallest absolute Gasteiger partial charge is 0.325 e. The third-order valence-electron chi connectivity index (χ3n) is 3.22. The first-order valence-electron chi connectivity index (χ1n) is 6.30. The molecule has 0 aliphatic heterocycles. The quantitative estimate of drug-likeness (QED) is 0.727. The van der Waals surface area contributed by atoms with E-state index in [4.69, 9.17) is 11.6 Å². The lowest BCUT2D eigenvalue weighted by Gasteiger charge is -2.06. The highest BCUT2D eigenvalue weighted by atomic mass is 35.5. The maximum absolute atomic E-state index is 12.7. The topological polar surface area (TPSA) is 72.0 Å². The SMILES string of the molecule is O=C(CCl)Nc1ccc2c(c1)C(=O)c1nc(C(F)(F)F)ncc1-2. The van der Waals surface area contributed by atoms with E-state index in [-0.39, 0.29) is 22.7 Å². The minimum absolute atomic E-state index is 0.154. The van der Waals surface area contributed by atoms with E-state index in [0.29, 0.717) is 11.3 Å². The van der Waals surface area contributed by atoms with Crippen LogP contribution in [0.15, 0.2) is 24.4 Å². The molecule has 1 heterocycles. The monoisotopic (exact) mass is 341 g/mol. The number of aromatic nitrogens is 2. The molecule has 5 nitrogen and oxygen atoms in total. The van der Waals surface area contributed by atoms with E-state index in [2.05, 4.69) is 15.3 Å². The van der Waals surface area contributed by atoms with E-state index >= 15 is 0 Å². The molecule has 1 aliphatic carbocycles. The molecule has 1 aromatic carbocycles. The minimum atomic E-state index is -4.73. The van der Waals surface area contributed by atoms with Crippen molar-refractivity contribution in [3.63, 3.8) is 0 Å². The van der Waals surface area contributed by atoms with Crippen LogP contribution in [0, 0.1) is 0 Å². The Bertz CT molecular complexity index is 837. The van der Waals surface area contributed by atoms with Crippen molar-refractivity contribution in [3.05, 3.63) is 41.5 Å². The fourth-order valence-electron chi connectivity index (χ4n) is 2.26. The average molecular weight is 342 g/mol. The van der Waals surface area contributed by atoms with Crippen molar-refractivity contribution in [1.29, 1.82) is 0 Å². The molecule has 9 heteroatoms. The predicted octanol–water partition coefficient (Wildman–Crippen LogP) is 2.88. The zero-order valence-electron chi connectivity index (χ0n) is 11.2. The molecule has 1 aliphatic rings. The van der Waals surface area contributed by atoms with Gasteiger partial charge in [0.05, 0.1) is 0 Å². The van der Waals surface area contributed by atoms with Crippen LogP contribution >= 0.6 is 11.6 Å². The molecule has 0 unspecified atom stereocenters. The van der Waals surface area contributed by atoms with Crippen molar-refractivity contribution in [2.75, 3.05) is 11.2 Å². The van der Waals surface area contributed by atoms with Gasteiger partial charge in [0.15, 0.2) is 0 Å². The standard InChI is InChI=1S/C14H7ClF3N3O2/c15-4-10(22)20-6-1-2-7-8(3-6)12(23)11-9(7)5-19-13(21-11)14(16,17)18/h1-3,5H,4H2,(H,20,22). The highest BCUT2D eigenvalue weighted by molar-refractivity contribution is 6.29. The van der Waals surface area contributed by atoms with Crippen LogP contribution in [-0.4, -0.2) is 27.5 Å². The fraction of sp³-hybridized carbons (Fsp3) is 0.143. The first-order valence-corrected chi connectivity index (χ1v) is 6.84. The van der Waals surface area contributed by atoms with Crippen LogP contribution in [0.5, 0.6) is 0 Å². The van der Waals surface area contributed by atoms with Crippen LogP contribution in [-0.2, 0) is 11.0 Å². The van der Waals surface area contributed by atoms with Crippen molar-refractivity contribution in [3.8, 4) is 11.1 Å². The Balaban J connectivity index is 2.04. The molecule has 1 aromatic heterocycles. The number of nitrogens with zero attached hydrogens (tertiary/aromatic N) is 2. The molecule has 1 amide bonds. The summed E-state index contributed by atoms with van der Waals surface area (Å²) < 4.78 is 38.0. The van der Waals surface area contributed by atoms with Crippen molar-refractivity contribution < 1.29 is 22.8 Å². The van der Waals surface area contributed by atoms with Crippen LogP contribution in [0.25, 0.3) is 11.1 Å². The predicted molar refractivity (Wildman–Crippen MR) is 75.3 cm³/mol. The average Bonchev–Trinajstić information content (AvgIpc) is 2.79. The molecule has 0 fully saturated rings. The van der Waals surface area contributed by atoms with Gasteiger partial charge in [-0.05, 0) is 17.7 Å². The summed E-state index contributed by atoms with van der Waals surface area (Å²) in [5.74, 6) is -2.74. The maximum atomic E-state index is 12.7. The molecule has 0 saturated heterocycles. The number of nitrogens with one attached hydrogen (secondary N) is 1. The van der Waals surface area contributed by atoms with Gasteiger partial charge in [-0.15, -0.1) is 11.6 Å². The summed E-state index contributed by atoms with van der Waals surface area (Å²) in [6, 6.07) is 4.40. The summed E-state index contributed by atoms with van der Waals surface area (Å²) in [6.45, 7) is 0. The highest BCUT2D eigenvalue weighted by Crippen LogP contribution is 2.38. The minimum Gasteiger partial charge on any atom is -0.325 e. The largest absolute Gasteiger partial charge is 0.451 e. The van der Waals surface area contributed by atoms with Crippen LogP contribution in [0.4, 0.5) is 18.9 Å². The number of rotatable bonds is 2. The molecule has 118 valence electrons. The number of benzene rings is 1. The van der Waals surface area contributed by atoms with Gasteiger partial charge in [0.25, 0.3) is 0 Å². The molecule has 1 N–H and O–H groups in total. The van der Waals surface area contributed by atoms with Crippen molar-refractivity contribution in [1.82, 2.24) is 9.97 Å². The number of carbonyl (C=O) groups is 2. The van der Waals surface area contributed by atoms with Gasteiger partial charge in [0.1, 0.15) is 11.6 Å². The van der Waals surface area contributed by atoms with E-state index in [1.165, 1.54) is 18.2 Å². The molecule has 0 atom stereocenters. The molecular weight excluding hydrogens is 335 g/mol. The van der Waals surface area contributed by atoms with Gasteiger partial charge in [-0.2, -0.15) is 13.2 Å². The lowest BCUT2D eigenvalue weighted by molar-refractivity contribution is -0.145. The summed E-state index contributed by atoms with van der Waals surface area (Å²) >= 11 is 5.38. The molecule has 3 rings (SSSR count). The van der Waals surface area contributed by atoms with Crippen molar-refractivity contribution >= 4 is 29.0 Å². The Kier molecular flexibility index (Phi) is 3.56. The van der Waals surface area contributed by atoms with Crippen LogP contribution in [0.1, 0.15) is 21.9 Å². The van der Waals surface area contributed by atoms with Crippen LogP contribution in [0.2, 0.25) is 0 Å². The Morgan fingerprint density at radius 3 is 2.61 bits per heavy atom. The van der Waals surface area contributed by atoms with Gasteiger partial charge in [0.2, 0.25) is 17.5 Å². The first-order chi connectivity index (χ1) is 10.8. The summed E-state index contributed by atoms with van der Waals surface area (Å²) in [7, 11) is 0. The second-order valence-electron chi connectivity index (χ2n) is 4.72. The van der Waals surface area contributed by atoms with E-state index in [1.54, 1.807) is 0 Å². The zero-order chi connectivity index (χ0) is 16.8. The second kappa shape index (κ2) is 5.31. The molecule has 2 aromatic rings. The van der Waals surface area contributed by atoms with Crippen molar-refractivity contribution in [2.24, 2.45) is 0 Å². The zero-order valence-corrected chi connectivity index (χ0v) is 12.0. The summed E-state index contributed by atoms with van der Waals surface area (Å²) in [5, 5.41) is 2.47. The van der Waals surface area contributed by atoms with Gasteiger partial charge in [-0.3, -0.25) is 9.59 Å². The molecule has 0 saturated carbocycles. The normalized spacial score (nSPS) is 12.8. The number of alkyl halides is 4. The third-order valence-corrected chi connectivity index (χ3v) is 3.46. The Hall–Kier alpha value is -2.48. The Morgan fingerprint density at radius 1 is 1.22 bits per heavy atom. The van der Waals surface area contributed by atoms with E-state index < -0.39 is 23.7 Å². The van der Waals surface area contributed by atoms with Gasteiger partial charge in [-0.25, -0.2) is 9.97 Å². The van der Waals surface area contributed by atoms with Gasteiger partial charge >= 0.3 is 6.18 Å². The van der Waals surface area contributed by atoms with Gasteiger partial charge < -0.3 is 5.32 Å². The molecule has 0 spiro atoms. The lowest BCUT2D eigenvalue weighted by Crippen LogP contribution is -2.13. The Labute approximate surface area is 132 Å². The molecular formula is C14H7ClF3N3O2. The number of amides is 1. The molecule has 23 heavy (non-hydrogen) atoms. The van der Waals surface area contributed by atoms with Gasteiger partial charge in [-0.1, -0.05) is 6.07 Å². The first kappa shape index (κ1) is 15.4. The number of hydrogen-bond donors (Lipinski definition) is 1. The number of hydrogen-bond acceptors (Lipinski definition) is 4. The number of anilines is 1. The lowest BCUT2D eigenvalue weighted by atomic mass is 10.1.